The molecule has 1 aromatic carbocycles. The summed E-state index contributed by atoms with van der Waals surface area (Å²) in [4.78, 5) is 26.6. The monoisotopic (exact) mass is 384 g/mol. The molecule has 1 aliphatic carbocycles. The predicted octanol–water partition coefficient (Wildman–Crippen LogP) is 2.17. The topological polar surface area (TPSA) is 49.4 Å². The number of amides is 2. The number of likely N-dealkylation sites (tertiary alicyclic amines) is 1. The molecule has 1 saturated carbocycles. The predicted molar refractivity (Wildman–Crippen MR) is 84.4 cm³/mol. The highest BCUT2D eigenvalue weighted by Crippen LogP contribution is 2.24. The highest BCUT2D eigenvalue weighted by molar-refractivity contribution is 14.1. The summed E-state index contributed by atoms with van der Waals surface area (Å²) in [5.41, 5.74) is 0.694. The van der Waals surface area contributed by atoms with Crippen molar-refractivity contribution in [3.05, 3.63) is 33.4 Å². The van der Waals surface area contributed by atoms with E-state index >= 15 is 0 Å². The maximum atomic E-state index is 12.6. The molecule has 1 N–H and O–H groups in total. The van der Waals surface area contributed by atoms with Crippen LogP contribution in [0.3, 0.4) is 0 Å². The van der Waals surface area contributed by atoms with Gasteiger partial charge in [-0.3, -0.25) is 9.59 Å². The average Bonchev–Trinajstić information content (AvgIpc) is 3.11. The van der Waals surface area contributed by atoms with Gasteiger partial charge >= 0.3 is 0 Å². The third-order valence-corrected chi connectivity index (χ3v) is 4.78. The van der Waals surface area contributed by atoms with Gasteiger partial charge in [0.15, 0.2) is 0 Å². The average molecular weight is 384 g/mol. The van der Waals surface area contributed by atoms with E-state index in [9.17, 15) is 9.59 Å². The standard InChI is InChI=1S/C15H17IN2O2/c16-12-5-2-1-4-11(12)15(20)18-9-3-6-13(18)14(19)17-10-7-8-10/h1-2,4-5,10,13H,3,6-9H2,(H,17,19)/t13-/m1/s1. The van der Waals surface area contributed by atoms with E-state index < -0.39 is 0 Å². The van der Waals surface area contributed by atoms with Crippen LogP contribution in [0.25, 0.3) is 0 Å². The number of benzene rings is 1. The van der Waals surface area contributed by atoms with Crippen LogP contribution in [-0.4, -0.2) is 35.3 Å². The molecule has 1 heterocycles. The van der Waals surface area contributed by atoms with Gasteiger partial charge in [0.2, 0.25) is 5.91 Å². The van der Waals surface area contributed by atoms with E-state index in [-0.39, 0.29) is 17.9 Å². The van der Waals surface area contributed by atoms with Gasteiger partial charge in [0, 0.05) is 16.2 Å². The van der Waals surface area contributed by atoms with Crippen LogP contribution >= 0.6 is 22.6 Å². The Kier molecular flexibility index (Phi) is 3.96. The lowest BCUT2D eigenvalue weighted by Gasteiger charge is -2.24. The molecule has 0 unspecified atom stereocenters. The Morgan fingerprint density at radius 2 is 1.95 bits per heavy atom. The van der Waals surface area contributed by atoms with E-state index in [1.54, 1.807) is 4.90 Å². The fraction of sp³-hybridized carbons (Fsp3) is 0.467. The van der Waals surface area contributed by atoms with E-state index in [0.717, 1.165) is 29.3 Å². The van der Waals surface area contributed by atoms with Gasteiger partial charge < -0.3 is 10.2 Å². The molecule has 5 heteroatoms. The Morgan fingerprint density at radius 1 is 1.20 bits per heavy atom. The Bertz CT molecular complexity index is 542. The van der Waals surface area contributed by atoms with E-state index in [0.29, 0.717) is 18.2 Å². The zero-order valence-electron chi connectivity index (χ0n) is 11.1. The van der Waals surface area contributed by atoms with Crippen LogP contribution < -0.4 is 5.32 Å². The molecule has 0 bridgehead atoms. The first-order valence-corrected chi connectivity index (χ1v) is 8.10. The lowest BCUT2D eigenvalue weighted by molar-refractivity contribution is -0.125. The second-order valence-electron chi connectivity index (χ2n) is 5.42. The lowest BCUT2D eigenvalue weighted by Crippen LogP contribution is -2.46. The molecule has 4 nitrogen and oxygen atoms in total. The van der Waals surface area contributed by atoms with Crippen LogP contribution in [0.15, 0.2) is 24.3 Å². The minimum Gasteiger partial charge on any atom is -0.352 e. The summed E-state index contributed by atoms with van der Waals surface area (Å²) in [6.07, 6.45) is 3.82. The summed E-state index contributed by atoms with van der Waals surface area (Å²) in [6.45, 7) is 0.673. The van der Waals surface area contributed by atoms with Crippen LogP contribution in [0.5, 0.6) is 0 Å². The quantitative estimate of drug-likeness (QED) is 0.813. The number of rotatable bonds is 3. The number of hydrogen-bond acceptors (Lipinski definition) is 2. The number of halogens is 1. The van der Waals surface area contributed by atoms with E-state index in [1.165, 1.54) is 0 Å². The molecule has 20 heavy (non-hydrogen) atoms. The molecule has 2 fully saturated rings. The summed E-state index contributed by atoms with van der Waals surface area (Å²) in [6, 6.07) is 7.59. The molecule has 2 amide bonds. The molecule has 0 spiro atoms. The fourth-order valence-electron chi connectivity index (χ4n) is 2.60. The van der Waals surface area contributed by atoms with Crippen LogP contribution in [0, 0.1) is 3.57 Å². The van der Waals surface area contributed by atoms with Gasteiger partial charge in [-0.05, 0) is 60.4 Å². The van der Waals surface area contributed by atoms with Crippen LogP contribution in [0.4, 0.5) is 0 Å². The minimum atomic E-state index is -0.292. The first-order chi connectivity index (χ1) is 9.66. The SMILES string of the molecule is O=C(NC1CC1)[C@H]1CCCN1C(=O)c1ccccc1I. The van der Waals surface area contributed by atoms with Gasteiger partial charge in [-0.25, -0.2) is 0 Å². The van der Waals surface area contributed by atoms with Crippen molar-refractivity contribution in [2.45, 2.75) is 37.8 Å². The molecule has 1 saturated heterocycles. The Morgan fingerprint density at radius 3 is 2.65 bits per heavy atom. The third-order valence-electron chi connectivity index (χ3n) is 3.84. The number of hydrogen-bond donors (Lipinski definition) is 1. The maximum absolute atomic E-state index is 12.6. The van der Waals surface area contributed by atoms with Gasteiger partial charge in [0.05, 0.1) is 5.56 Å². The molecule has 1 aromatic rings. The zero-order chi connectivity index (χ0) is 14.1. The van der Waals surface area contributed by atoms with E-state index in [2.05, 4.69) is 27.9 Å². The number of nitrogens with zero attached hydrogens (tertiary/aromatic N) is 1. The van der Waals surface area contributed by atoms with Crippen molar-refractivity contribution in [3.63, 3.8) is 0 Å². The van der Waals surface area contributed by atoms with Crippen LogP contribution in [-0.2, 0) is 4.79 Å². The first kappa shape index (κ1) is 13.9. The normalized spacial score (nSPS) is 21.9. The van der Waals surface area contributed by atoms with E-state index in [1.807, 2.05) is 24.3 Å². The fourth-order valence-corrected chi connectivity index (χ4v) is 3.21. The van der Waals surface area contributed by atoms with Crippen molar-refractivity contribution < 1.29 is 9.59 Å². The molecule has 2 aliphatic rings. The summed E-state index contributed by atoms with van der Waals surface area (Å²) >= 11 is 2.17. The number of nitrogens with one attached hydrogen (secondary N) is 1. The van der Waals surface area contributed by atoms with E-state index in [4.69, 9.17) is 0 Å². The highest BCUT2D eigenvalue weighted by atomic mass is 127. The molecular formula is C15H17IN2O2. The van der Waals surface area contributed by atoms with Crippen molar-refractivity contribution in [2.24, 2.45) is 0 Å². The summed E-state index contributed by atoms with van der Waals surface area (Å²) in [5, 5.41) is 3.01. The molecule has 106 valence electrons. The number of carbonyl (C=O) groups excluding carboxylic acids is 2. The molecule has 0 radical (unpaired) electrons. The molecule has 1 aliphatic heterocycles. The van der Waals surface area contributed by atoms with Crippen molar-refractivity contribution in [2.75, 3.05) is 6.54 Å². The highest BCUT2D eigenvalue weighted by Gasteiger charge is 2.37. The smallest absolute Gasteiger partial charge is 0.255 e. The Hall–Kier alpha value is -1.11. The second-order valence-corrected chi connectivity index (χ2v) is 6.58. The van der Waals surface area contributed by atoms with Crippen molar-refractivity contribution in [1.82, 2.24) is 10.2 Å². The zero-order valence-corrected chi connectivity index (χ0v) is 13.3. The number of carbonyl (C=O) groups is 2. The molecule has 1 atom stereocenters. The Labute approximate surface area is 132 Å². The van der Waals surface area contributed by atoms with Crippen molar-refractivity contribution in [3.8, 4) is 0 Å². The van der Waals surface area contributed by atoms with Crippen molar-refractivity contribution in [1.29, 1.82) is 0 Å². The van der Waals surface area contributed by atoms with Gasteiger partial charge in [0.1, 0.15) is 6.04 Å². The summed E-state index contributed by atoms with van der Waals surface area (Å²) in [7, 11) is 0. The minimum absolute atomic E-state index is 0.0179. The maximum Gasteiger partial charge on any atom is 0.255 e. The van der Waals surface area contributed by atoms with Gasteiger partial charge in [0.25, 0.3) is 5.91 Å². The van der Waals surface area contributed by atoms with Gasteiger partial charge in [-0.2, -0.15) is 0 Å². The molecule has 3 rings (SSSR count). The first-order valence-electron chi connectivity index (χ1n) is 7.02. The second kappa shape index (κ2) is 5.71. The third kappa shape index (κ3) is 2.82. The Balaban J connectivity index is 1.76. The largest absolute Gasteiger partial charge is 0.352 e. The van der Waals surface area contributed by atoms with Crippen molar-refractivity contribution >= 4 is 34.4 Å². The van der Waals surface area contributed by atoms with Crippen LogP contribution in [0.1, 0.15) is 36.0 Å². The summed E-state index contributed by atoms with van der Waals surface area (Å²) < 4.78 is 0.934. The summed E-state index contributed by atoms with van der Waals surface area (Å²) in [5.74, 6) is -0.00673. The molecular weight excluding hydrogens is 367 g/mol. The van der Waals surface area contributed by atoms with Gasteiger partial charge in [-0.15, -0.1) is 0 Å². The lowest BCUT2D eigenvalue weighted by atomic mass is 10.1. The molecule has 0 aromatic heterocycles. The van der Waals surface area contributed by atoms with Gasteiger partial charge in [-0.1, -0.05) is 12.1 Å². The van der Waals surface area contributed by atoms with Crippen LogP contribution in [0.2, 0.25) is 0 Å².